The molecule has 0 saturated heterocycles. The van der Waals surface area contributed by atoms with Gasteiger partial charge in [0, 0.05) is 18.8 Å². The Balaban J connectivity index is 0.00000420. The van der Waals surface area contributed by atoms with E-state index in [0.717, 1.165) is 37.3 Å². The molecular weight excluding hydrogens is 416 g/mol. The molecule has 0 atom stereocenters. The molecular formula is C20H29ClN2O5S. The summed E-state index contributed by atoms with van der Waals surface area (Å²) < 4.78 is 41.1. The van der Waals surface area contributed by atoms with Crippen LogP contribution in [0.3, 0.4) is 0 Å². The van der Waals surface area contributed by atoms with E-state index in [1.807, 2.05) is 25.2 Å². The van der Waals surface area contributed by atoms with Crippen molar-refractivity contribution >= 4 is 28.1 Å². The van der Waals surface area contributed by atoms with E-state index in [-0.39, 0.29) is 12.4 Å². The molecule has 0 aromatic heterocycles. The highest BCUT2D eigenvalue weighted by molar-refractivity contribution is 7.92. The van der Waals surface area contributed by atoms with Crippen LogP contribution in [-0.2, 0) is 16.4 Å². The fraction of sp³-hybridized carbons (Fsp3) is 0.400. The van der Waals surface area contributed by atoms with Gasteiger partial charge in [0.2, 0.25) is 10.0 Å². The zero-order valence-electron chi connectivity index (χ0n) is 17.2. The van der Waals surface area contributed by atoms with Crippen LogP contribution in [0, 0.1) is 0 Å². The SMILES string of the molecule is COc1ccc(CCN(C)CCOc2ccc(NS(C)(=O)=O)cc2)cc1OC.Cl. The number of nitrogens with zero attached hydrogens (tertiary/aromatic N) is 1. The van der Waals surface area contributed by atoms with E-state index >= 15 is 0 Å². The van der Waals surface area contributed by atoms with E-state index in [9.17, 15) is 8.42 Å². The number of hydrogen-bond donors (Lipinski definition) is 1. The average molecular weight is 445 g/mol. The number of methoxy groups -OCH3 is 2. The zero-order chi connectivity index (χ0) is 20.6. The lowest BCUT2D eigenvalue weighted by Gasteiger charge is -2.17. The van der Waals surface area contributed by atoms with Gasteiger partial charge in [0.05, 0.1) is 20.5 Å². The summed E-state index contributed by atoms with van der Waals surface area (Å²) in [5, 5.41) is 0. The fourth-order valence-corrected chi connectivity index (χ4v) is 3.18. The van der Waals surface area contributed by atoms with E-state index in [2.05, 4.69) is 9.62 Å². The second kappa shape index (κ2) is 11.7. The average Bonchev–Trinajstić information content (AvgIpc) is 2.66. The minimum atomic E-state index is -3.27. The van der Waals surface area contributed by atoms with Gasteiger partial charge >= 0.3 is 0 Å². The first-order valence-corrected chi connectivity index (χ1v) is 10.8. The monoisotopic (exact) mass is 444 g/mol. The molecule has 0 aliphatic heterocycles. The molecule has 2 aromatic carbocycles. The number of sulfonamides is 1. The van der Waals surface area contributed by atoms with Crippen molar-refractivity contribution in [3.05, 3.63) is 48.0 Å². The van der Waals surface area contributed by atoms with Crippen molar-refractivity contribution in [3.63, 3.8) is 0 Å². The third kappa shape index (κ3) is 8.81. The van der Waals surface area contributed by atoms with E-state index in [4.69, 9.17) is 14.2 Å². The van der Waals surface area contributed by atoms with Gasteiger partial charge in [-0.1, -0.05) is 6.07 Å². The molecule has 7 nitrogen and oxygen atoms in total. The molecule has 0 bridgehead atoms. The molecule has 0 aliphatic carbocycles. The van der Waals surface area contributed by atoms with Crippen LogP contribution in [0.15, 0.2) is 42.5 Å². The number of halogens is 1. The molecule has 0 heterocycles. The second-order valence-electron chi connectivity index (χ2n) is 6.49. The Labute approximate surface area is 179 Å². The summed E-state index contributed by atoms with van der Waals surface area (Å²) in [5.41, 5.74) is 1.70. The standard InChI is InChI=1S/C20H28N2O5S.ClH/c1-22(12-11-16-5-10-19(25-2)20(15-16)26-3)13-14-27-18-8-6-17(7-9-18)21-28(4,23)24;/h5-10,15,21H,11-14H2,1-4H3;1H. The highest BCUT2D eigenvalue weighted by Gasteiger charge is 2.06. The minimum absolute atomic E-state index is 0. The van der Waals surface area contributed by atoms with Crippen molar-refractivity contribution in [2.75, 3.05) is 51.9 Å². The fourth-order valence-electron chi connectivity index (χ4n) is 2.62. The molecule has 2 aromatic rings. The number of likely N-dealkylation sites (N-methyl/N-ethyl adjacent to an activating group) is 1. The van der Waals surface area contributed by atoms with Crippen molar-refractivity contribution in [2.24, 2.45) is 0 Å². The number of benzene rings is 2. The predicted octanol–water partition coefficient (Wildman–Crippen LogP) is 3.05. The number of hydrogen-bond acceptors (Lipinski definition) is 6. The van der Waals surface area contributed by atoms with E-state index in [0.29, 0.717) is 18.0 Å². The maximum Gasteiger partial charge on any atom is 0.229 e. The smallest absolute Gasteiger partial charge is 0.229 e. The summed E-state index contributed by atoms with van der Waals surface area (Å²) in [6.07, 6.45) is 2.01. The third-order valence-corrected chi connectivity index (χ3v) is 4.74. The molecule has 9 heteroatoms. The second-order valence-corrected chi connectivity index (χ2v) is 8.24. The van der Waals surface area contributed by atoms with Gasteiger partial charge in [-0.25, -0.2) is 8.42 Å². The van der Waals surface area contributed by atoms with Crippen molar-refractivity contribution < 1.29 is 22.6 Å². The molecule has 0 spiro atoms. The van der Waals surface area contributed by atoms with Gasteiger partial charge in [-0.05, 0) is 55.4 Å². The van der Waals surface area contributed by atoms with E-state index < -0.39 is 10.0 Å². The highest BCUT2D eigenvalue weighted by atomic mass is 35.5. The third-order valence-electron chi connectivity index (χ3n) is 4.13. The molecule has 0 saturated carbocycles. The molecule has 0 unspecified atom stereocenters. The van der Waals surface area contributed by atoms with Crippen molar-refractivity contribution in [1.29, 1.82) is 0 Å². The largest absolute Gasteiger partial charge is 0.493 e. The molecule has 0 aliphatic rings. The lowest BCUT2D eigenvalue weighted by molar-refractivity contribution is 0.239. The van der Waals surface area contributed by atoms with Crippen molar-refractivity contribution in [1.82, 2.24) is 4.90 Å². The van der Waals surface area contributed by atoms with Gasteiger partial charge in [0.25, 0.3) is 0 Å². The minimum Gasteiger partial charge on any atom is -0.493 e. The Hall–Kier alpha value is -2.16. The van der Waals surface area contributed by atoms with Gasteiger partial charge in [-0.3, -0.25) is 4.72 Å². The maximum atomic E-state index is 11.2. The lowest BCUT2D eigenvalue weighted by Crippen LogP contribution is -2.26. The van der Waals surface area contributed by atoms with Crippen LogP contribution in [0.25, 0.3) is 0 Å². The zero-order valence-corrected chi connectivity index (χ0v) is 18.8. The summed E-state index contributed by atoms with van der Waals surface area (Å²) >= 11 is 0. The number of anilines is 1. The summed E-state index contributed by atoms with van der Waals surface area (Å²) in [5.74, 6) is 2.16. The van der Waals surface area contributed by atoms with Crippen LogP contribution in [0.2, 0.25) is 0 Å². The normalized spacial score (nSPS) is 10.9. The van der Waals surface area contributed by atoms with Crippen LogP contribution >= 0.6 is 12.4 Å². The molecule has 0 fully saturated rings. The van der Waals surface area contributed by atoms with Gasteiger partial charge < -0.3 is 19.1 Å². The molecule has 2 rings (SSSR count). The predicted molar refractivity (Wildman–Crippen MR) is 118 cm³/mol. The van der Waals surface area contributed by atoms with Crippen LogP contribution < -0.4 is 18.9 Å². The van der Waals surface area contributed by atoms with Gasteiger partial charge in [0.1, 0.15) is 12.4 Å². The first kappa shape index (κ1) is 24.9. The Morgan fingerprint density at radius 2 is 1.62 bits per heavy atom. The van der Waals surface area contributed by atoms with Crippen molar-refractivity contribution in [2.45, 2.75) is 6.42 Å². The van der Waals surface area contributed by atoms with Crippen molar-refractivity contribution in [3.8, 4) is 17.2 Å². The number of ether oxygens (including phenoxy) is 3. The summed E-state index contributed by atoms with van der Waals surface area (Å²) in [7, 11) is 2.04. The van der Waals surface area contributed by atoms with Gasteiger partial charge in [-0.15, -0.1) is 12.4 Å². The molecule has 0 radical (unpaired) electrons. The summed E-state index contributed by atoms with van der Waals surface area (Å²) in [4.78, 5) is 2.19. The molecule has 162 valence electrons. The van der Waals surface area contributed by atoms with Crippen LogP contribution in [0.4, 0.5) is 5.69 Å². The number of rotatable bonds is 11. The number of nitrogens with one attached hydrogen (secondary N) is 1. The Morgan fingerprint density at radius 3 is 2.21 bits per heavy atom. The molecule has 29 heavy (non-hydrogen) atoms. The first-order valence-electron chi connectivity index (χ1n) is 8.91. The Bertz CT molecular complexity index is 860. The maximum absolute atomic E-state index is 11.2. The van der Waals surface area contributed by atoms with Crippen LogP contribution in [0.5, 0.6) is 17.2 Å². The Kier molecular flexibility index (Phi) is 10.1. The molecule has 0 amide bonds. The van der Waals surface area contributed by atoms with Crippen LogP contribution in [0.1, 0.15) is 5.56 Å². The highest BCUT2D eigenvalue weighted by Crippen LogP contribution is 2.27. The summed E-state index contributed by atoms with van der Waals surface area (Å²) in [6, 6.07) is 12.8. The van der Waals surface area contributed by atoms with Crippen LogP contribution in [-0.4, -0.2) is 60.5 Å². The lowest BCUT2D eigenvalue weighted by atomic mass is 10.1. The first-order chi connectivity index (χ1) is 13.3. The topological polar surface area (TPSA) is 77.1 Å². The molecule has 1 N–H and O–H groups in total. The van der Waals surface area contributed by atoms with Gasteiger partial charge in [-0.2, -0.15) is 0 Å². The Morgan fingerprint density at radius 1 is 0.966 bits per heavy atom. The van der Waals surface area contributed by atoms with E-state index in [1.54, 1.807) is 38.5 Å². The van der Waals surface area contributed by atoms with Gasteiger partial charge in [0.15, 0.2) is 11.5 Å². The van der Waals surface area contributed by atoms with E-state index in [1.165, 1.54) is 5.56 Å². The quantitative estimate of drug-likeness (QED) is 0.574. The summed E-state index contributed by atoms with van der Waals surface area (Å²) in [6.45, 7) is 2.20.